The first-order valence-corrected chi connectivity index (χ1v) is 8.05. The van der Waals surface area contributed by atoms with E-state index >= 15 is 0 Å². The van der Waals surface area contributed by atoms with Crippen LogP contribution in [0.4, 0.5) is 5.69 Å². The molecule has 0 spiro atoms. The zero-order chi connectivity index (χ0) is 19.4. The normalized spacial score (nSPS) is 12.9. The minimum absolute atomic E-state index is 0.000351. The Hall–Kier alpha value is -3.62. The molecule has 3 rings (SSSR count). The van der Waals surface area contributed by atoms with E-state index in [0.29, 0.717) is 11.5 Å². The molecule has 0 radical (unpaired) electrons. The molecule has 0 fully saturated rings. The van der Waals surface area contributed by atoms with Gasteiger partial charge in [-0.25, -0.2) is 4.79 Å². The van der Waals surface area contributed by atoms with Crippen LogP contribution in [0.15, 0.2) is 42.5 Å². The lowest BCUT2D eigenvalue weighted by molar-refractivity contribution is -0.384. The quantitative estimate of drug-likeness (QED) is 0.469. The predicted octanol–water partition coefficient (Wildman–Crippen LogP) is 2.19. The smallest absolute Gasteiger partial charge is 0.339 e. The van der Waals surface area contributed by atoms with Crippen molar-refractivity contribution in [2.24, 2.45) is 0 Å². The zero-order valence-corrected chi connectivity index (χ0v) is 14.3. The second kappa shape index (κ2) is 7.73. The fourth-order valence-corrected chi connectivity index (χ4v) is 2.41. The van der Waals surface area contributed by atoms with Crippen molar-refractivity contribution in [3.8, 4) is 11.5 Å². The van der Waals surface area contributed by atoms with Crippen LogP contribution in [0.3, 0.4) is 0 Å². The fraction of sp³-hybridized carbons (Fsp3) is 0.222. The zero-order valence-electron chi connectivity index (χ0n) is 14.3. The summed E-state index contributed by atoms with van der Waals surface area (Å²) in [6.07, 6.45) is -1.06. The van der Waals surface area contributed by atoms with Gasteiger partial charge < -0.3 is 19.5 Å². The summed E-state index contributed by atoms with van der Waals surface area (Å²) in [6.45, 7) is 1.80. The Kier molecular flexibility index (Phi) is 5.20. The van der Waals surface area contributed by atoms with Gasteiger partial charge in [0.25, 0.3) is 11.6 Å². The summed E-state index contributed by atoms with van der Waals surface area (Å²) in [5.41, 5.74) is 0.564. The van der Waals surface area contributed by atoms with Gasteiger partial charge in [0.2, 0.25) is 6.79 Å². The van der Waals surface area contributed by atoms with Crippen molar-refractivity contribution in [1.29, 1.82) is 0 Å². The van der Waals surface area contributed by atoms with Crippen LogP contribution in [0.5, 0.6) is 11.5 Å². The van der Waals surface area contributed by atoms with Gasteiger partial charge in [-0.2, -0.15) is 0 Å². The van der Waals surface area contributed by atoms with Crippen LogP contribution in [0.25, 0.3) is 0 Å². The van der Waals surface area contributed by atoms with Gasteiger partial charge in [0.1, 0.15) is 0 Å². The van der Waals surface area contributed by atoms with Gasteiger partial charge >= 0.3 is 5.97 Å². The highest BCUT2D eigenvalue weighted by Crippen LogP contribution is 2.32. The molecule has 1 atom stereocenters. The molecule has 1 aliphatic heterocycles. The third-order valence-electron chi connectivity index (χ3n) is 3.85. The summed E-state index contributed by atoms with van der Waals surface area (Å²) < 4.78 is 15.6. The number of nitrogens with zero attached hydrogens (tertiary/aromatic N) is 1. The number of non-ortho nitro benzene ring substituents is 1. The molecule has 1 heterocycles. The number of nitro benzene ring substituents is 1. The number of nitro groups is 1. The first kappa shape index (κ1) is 18.2. The van der Waals surface area contributed by atoms with Crippen LogP contribution >= 0.6 is 0 Å². The van der Waals surface area contributed by atoms with Crippen LogP contribution < -0.4 is 14.8 Å². The fourth-order valence-electron chi connectivity index (χ4n) is 2.41. The Morgan fingerprint density at radius 1 is 1.22 bits per heavy atom. The minimum atomic E-state index is -1.06. The first-order valence-electron chi connectivity index (χ1n) is 8.05. The molecule has 0 unspecified atom stereocenters. The Morgan fingerprint density at radius 3 is 2.78 bits per heavy atom. The number of hydrogen-bond acceptors (Lipinski definition) is 7. The lowest BCUT2D eigenvalue weighted by Gasteiger charge is -2.13. The van der Waals surface area contributed by atoms with Crippen molar-refractivity contribution < 1.29 is 28.7 Å². The number of esters is 1. The maximum absolute atomic E-state index is 12.1. The highest BCUT2D eigenvalue weighted by atomic mass is 16.7. The van der Waals surface area contributed by atoms with Crippen LogP contribution in [0.2, 0.25) is 0 Å². The highest BCUT2D eigenvalue weighted by Gasteiger charge is 2.20. The molecule has 9 nitrogen and oxygen atoms in total. The average Bonchev–Trinajstić information content (AvgIpc) is 3.13. The van der Waals surface area contributed by atoms with Gasteiger partial charge in [-0.05, 0) is 30.7 Å². The number of hydrogen-bond donors (Lipinski definition) is 1. The molecule has 1 N–H and O–H groups in total. The van der Waals surface area contributed by atoms with Gasteiger partial charge in [-0.1, -0.05) is 12.1 Å². The van der Waals surface area contributed by atoms with Crippen molar-refractivity contribution in [2.75, 3.05) is 6.79 Å². The molecule has 9 heteroatoms. The van der Waals surface area contributed by atoms with Crippen molar-refractivity contribution in [2.45, 2.75) is 19.6 Å². The van der Waals surface area contributed by atoms with E-state index in [0.717, 1.165) is 11.6 Å². The standard InChI is InChI=1S/C18H16N2O7/c1-11(27-18(22)13-3-2-4-14(8-13)20(23)24)17(21)19-9-12-5-6-15-16(7-12)26-10-25-15/h2-8,11H,9-10H2,1H3,(H,19,21)/t11-/m1/s1. The topological polar surface area (TPSA) is 117 Å². The number of carbonyl (C=O) groups excluding carboxylic acids is 2. The SMILES string of the molecule is C[C@@H](OC(=O)c1cccc([N+](=O)[O-])c1)C(=O)NCc1ccc2c(c1)OCO2. The number of rotatable bonds is 6. The summed E-state index contributed by atoms with van der Waals surface area (Å²) in [7, 11) is 0. The Balaban J connectivity index is 1.55. The van der Waals surface area contributed by atoms with Crippen LogP contribution in [-0.4, -0.2) is 29.7 Å². The number of benzene rings is 2. The van der Waals surface area contributed by atoms with Crippen molar-refractivity contribution in [3.05, 3.63) is 63.7 Å². The van der Waals surface area contributed by atoms with E-state index in [1.54, 1.807) is 18.2 Å². The van der Waals surface area contributed by atoms with Crippen molar-refractivity contribution >= 4 is 17.6 Å². The van der Waals surface area contributed by atoms with Crippen LogP contribution in [-0.2, 0) is 16.1 Å². The van der Waals surface area contributed by atoms with E-state index in [9.17, 15) is 19.7 Å². The molecule has 140 valence electrons. The highest BCUT2D eigenvalue weighted by molar-refractivity contribution is 5.92. The first-order chi connectivity index (χ1) is 12.9. The number of ether oxygens (including phenoxy) is 3. The number of fused-ring (bicyclic) bond motifs is 1. The Morgan fingerprint density at radius 2 is 2.00 bits per heavy atom. The van der Waals surface area contributed by atoms with Gasteiger partial charge in [0.15, 0.2) is 17.6 Å². The summed E-state index contributed by atoms with van der Waals surface area (Å²) >= 11 is 0. The van der Waals surface area contributed by atoms with Gasteiger partial charge in [0.05, 0.1) is 10.5 Å². The Bertz CT molecular complexity index is 897. The van der Waals surface area contributed by atoms with Crippen molar-refractivity contribution in [3.63, 3.8) is 0 Å². The third-order valence-corrected chi connectivity index (χ3v) is 3.85. The predicted molar refractivity (Wildman–Crippen MR) is 92.4 cm³/mol. The van der Waals surface area contributed by atoms with Gasteiger partial charge in [-0.3, -0.25) is 14.9 Å². The van der Waals surface area contributed by atoms with E-state index < -0.39 is 22.9 Å². The van der Waals surface area contributed by atoms with Crippen LogP contribution in [0, 0.1) is 10.1 Å². The summed E-state index contributed by atoms with van der Waals surface area (Å²) in [6, 6.07) is 10.4. The van der Waals surface area contributed by atoms with E-state index in [1.807, 2.05) is 0 Å². The van der Waals surface area contributed by atoms with E-state index in [4.69, 9.17) is 14.2 Å². The summed E-state index contributed by atoms with van der Waals surface area (Å²) in [5.74, 6) is -0.0629. The van der Waals surface area contributed by atoms with E-state index in [2.05, 4.69) is 5.32 Å². The largest absolute Gasteiger partial charge is 0.454 e. The van der Waals surface area contributed by atoms with Crippen LogP contribution in [0.1, 0.15) is 22.8 Å². The minimum Gasteiger partial charge on any atom is -0.454 e. The molecule has 2 aromatic rings. The molecule has 0 aromatic heterocycles. The molecule has 27 heavy (non-hydrogen) atoms. The monoisotopic (exact) mass is 372 g/mol. The van der Waals surface area contributed by atoms with Gasteiger partial charge in [0, 0.05) is 18.7 Å². The molecule has 2 aromatic carbocycles. The summed E-state index contributed by atoms with van der Waals surface area (Å²) in [5, 5.41) is 13.4. The number of carbonyl (C=O) groups is 2. The van der Waals surface area contributed by atoms with Gasteiger partial charge in [-0.15, -0.1) is 0 Å². The Labute approximate surface area is 154 Å². The second-order valence-corrected chi connectivity index (χ2v) is 5.76. The lowest BCUT2D eigenvalue weighted by atomic mass is 10.2. The van der Waals surface area contributed by atoms with E-state index in [-0.39, 0.29) is 24.6 Å². The second-order valence-electron chi connectivity index (χ2n) is 5.76. The average molecular weight is 372 g/mol. The molecule has 1 amide bonds. The molecule has 1 aliphatic rings. The molecule has 0 bridgehead atoms. The molecular weight excluding hydrogens is 356 g/mol. The number of amides is 1. The lowest BCUT2D eigenvalue weighted by Crippen LogP contribution is -2.35. The molecule has 0 aliphatic carbocycles. The maximum Gasteiger partial charge on any atom is 0.339 e. The molecule has 0 saturated carbocycles. The number of nitrogens with one attached hydrogen (secondary N) is 1. The maximum atomic E-state index is 12.1. The molecular formula is C18H16N2O7. The molecule has 0 saturated heterocycles. The van der Waals surface area contributed by atoms with E-state index in [1.165, 1.54) is 25.1 Å². The summed E-state index contributed by atoms with van der Waals surface area (Å²) in [4.78, 5) is 34.4. The third kappa shape index (κ3) is 4.32. The van der Waals surface area contributed by atoms with Crippen molar-refractivity contribution in [1.82, 2.24) is 5.32 Å².